The summed E-state index contributed by atoms with van der Waals surface area (Å²) in [5, 5.41) is 21.3. The molecule has 1 aromatic carbocycles. The van der Waals surface area contributed by atoms with Gasteiger partial charge in [-0.25, -0.2) is 0 Å². The van der Waals surface area contributed by atoms with Crippen LogP contribution in [0.2, 0.25) is 5.02 Å². The predicted molar refractivity (Wildman–Crippen MR) is 77.4 cm³/mol. The molecule has 6 heteroatoms. The molecule has 2 atom stereocenters. The molecule has 0 radical (unpaired) electrons. The lowest BCUT2D eigenvalue weighted by molar-refractivity contribution is -0.385. The number of aliphatic hydroxyl groups excluding tert-OH is 1. The van der Waals surface area contributed by atoms with Crippen molar-refractivity contribution in [1.29, 1.82) is 0 Å². The number of benzene rings is 1. The molecule has 20 heavy (non-hydrogen) atoms. The number of nitrogens with zero attached hydrogens (tertiary/aromatic N) is 2. The van der Waals surface area contributed by atoms with E-state index >= 15 is 0 Å². The van der Waals surface area contributed by atoms with Crippen LogP contribution in [0.15, 0.2) is 12.1 Å². The number of nitro benzene ring substituents is 1. The number of hydrogen-bond acceptors (Lipinski definition) is 4. The van der Waals surface area contributed by atoms with Gasteiger partial charge < -0.3 is 10.0 Å². The minimum atomic E-state index is -0.403. The number of piperidine rings is 1. The zero-order valence-corrected chi connectivity index (χ0v) is 12.0. The Morgan fingerprint density at radius 3 is 2.50 bits per heavy atom. The molecule has 0 amide bonds. The molecule has 0 aliphatic carbocycles. The average molecular weight is 297 g/mol. The second-order valence-electron chi connectivity index (χ2n) is 5.72. The molecular formula is C14H17ClN2O3. The van der Waals surface area contributed by atoms with Crippen LogP contribution in [-0.4, -0.2) is 28.2 Å². The van der Waals surface area contributed by atoms with Gasteiger partial charge in [-0.05, 0) is 38.7 Å². The third kappa shape index (κ3) is 2.05. The van der Waals surface area contributed by atoms with Gasteiger partial charge >= 0.3 is 0 Å². The highest BCUT2D eigenvalue weighted by molar-refractivity contribution is 6.34. The summed E-state index contributed by atoms with van der Waals surface area (Å²) in [6, 6.07) is 3.86. The van der Waals surface area contributed by atoms with Crippen molar-refractivity contribution >= 4 is 23.0 Å². The van der Waals surface area contributed by atoms with E-state index in [1.54, 1.807) is 13.0 Å². The van der Waals surface area contributed by atoms with E-state index in [1.807, 2.05) is 0 Å². The Morgan fingerprint density at radius 1 is 1.35 bits per heavy atom. The highest BCUT2D eigenvalue weighted by Gasteiger charge is 2.41. The van der Waals surface area contributed by atoms with Gasteiger partial charge in [0, 0.05) is 23.7 Å². The van der Waals surface area contributed by atoms with Crippen LogP contribution in [0.25, 0.3) is 0 Å². The lowest BCUT2D eigenvalue weighted by atomic mass is 9.98. The summed E-state index contributed by atoms with van der Waals surface area (Å²) in [6.07, 6.45) is 3.37. The normalized spacial score (nSPS) is 28.8. The van der Waals surface area contributed by atoms with Crippen LogP contribution in [0.3, 0.4) is 0 Å². The standard InChI is InChI=1S/C14H17ClN2O3/c1-8-12(17(19)20)4-5-13(14(8)15)16-9-2-3-10(16)7-11(18)6-9/h4-5,9-11,18H,2-3,6-7H2,1H3. The van der Waals surface area contributed by atoms with Gasteiger partial charge in [0.1, 0.15) is 0 Å². The molecule has 0 spiro atoms. The summed E-state index contributed by atoms with van der Waals surface area (Å²) < 4.78 is 0. The van der Waals surface area contributed by atoms with Crippen molar-refractivity contribution in [1.82, 2.24) is 0 Å². The number of anilines is 1. The first kappa shape index (κ1) is 13.6. The number of aliphatic hydroxyl groups is 1. The van der Waals surface area contributed by atoms with E-state index < -0.39 is 4.92 Å². The Morgan fingerprint density at radius 2 is 1.95 bits per heavy atom. The fourth-order valence-corrected chi connectivity index (χ4v) is 3.86. The molecule has 0 saturated carbocycles. The molecule has 5 nitrogen and oxygen atoms in total. The number of fused-ring (bicyclic) bond motifs is 2. The molecule has 0 aromatic heterocycles. The van der Waals surface area contributed by atoms with Crippen LogP contribution in [0, 0.1) is 17.0 Å². The van der Waals surface area contributed by atoms with Gasteiger partial charge in [-0.1, -0.05) is 11.6 Å². The zero-order chi connectivity index (χ0) is 14.4. The molecule has 108 valence electrons. The Hall–Kier alpha value is -1.33. The van der Waals surface area contributed by atoms with E-state index in [-0.39, 0.29) is 11.8 Å². The zero-order valence-electron chi connectivity index (χ0n) is 11.3. The van der Waals surface area contributed by atoms with Crippen LogP contribution in [0.1, 0.15) is 31.2 Å². The number of rotatable bonds is 2. The second-order valence-corrected chi connectivity index (χ2v) is 6.10. The third-order valence-corrected chi connectivity index (χ3v) is 5.00. The van der Waals surface area contributed by atoms with Gasteiger partial charge in [-0.2, -0.15) is 0 Å². The molecule has 2 aliphatic heterocycles. The molecule has 2 bridgehead atoms. The van der Waals surface area contributed by atoms with E-state index in [2.05, 4.69) is 4.90 Å². The van der Waals surface area contributed by atoms with E-state index in [4.69, 9.17) is 11.6 Å². The molecule has 2 fully saturated rings. The lowest BCUT2D eigenvalue weighted by Crippen LogP contribution is -2.45. The summed E-state index contributed by atoms with van der Waals surface area (Å²) in [5.41, 5.74) is 1.44. The Kier molecular flexibility index (Phi) is 3.34. The van der Waals surface area contributed by atoms with Crippen molar-refractivity contribution in [2.75, 3.05) is 4.90 Å². The van der Waals surface area contributed by atoms with Crippen LogP contribution in [0.5, 0.6) is 0 Å². The fraction of sp³-hybridized carbons (Fsp3) is 0.571. The van der Waals surface area contributed by atoms with Crippen molar-refractivity contribution in [3.8, 4) is 0 Å². The van der Waals surface area contributed by atoms with Gasteiger partial charge in [0.2, 0.25) is 0 Å². The molecule has 1 aromatic rings. The van der Waals surface area contributed by atoms with E-state index in [0.29, 0.717) is 22.7 Å². The van der Waals surface area contributed by atoms with Crippen LogP contribution < -0.4 is 4.90 Å². The topological polar surface area (TPSA) is 66.6 Å². The van der Waals surface area contributed by atoms with Crippen LogP contribution in [-0.2, 0) is 0 Å². The summed E-state index contributed by atoms with van der Waals surface area (Å²) in [7, 11) is 0. The number of hydrogen-bond donors (Lipinski definition) is 1. The predicted octanol–water partition coefficient (Wildman–Crippen LogP) is 3.05. The number of halogens is 1. The molecule has 2 saturated heterocycles. The quantitative estimate of drug-likeness (QED) is 0.673. The highest BCUT2D eigenvalue weighted by atomic mass is 35.5. The molecule has 2 heterocycles. The monoisotopic (exact) mass is 296 g/mol. The highest BCUT2D eigenvalue weighted by Crippen LogP contribution is 2.44. The lowest BCUT2D eigenvalue weighted by Gasteiger charge is -2.39. The third-order valence-electron chi connectivity index (χ3n) is 4.52. The Bertz CT molecular complexity index is 550. The molecule has 2 unspecified atom stereocenters. The summed E-state index contributed by atoms with van der Waals surface area (Å²) >= 11 is 6.36. The SMILES string of the molecule is Cc1c([N+](=O)[O-])ccc(N2C3CCC2CC(O)C3)c1Cl. The van der Waals surface area contributed by atoms with Crippen molar-refractivity contribution < 1.29 is 10.0 Å². The maximum atomic E-state index is 10.9. The van der Waals surface area contributed by atoms with Crippen LogP contribution in [0.4, 0.5) is 11.4 Å². The molecule has 3 rings (SSSR count). The van der Waals surface area contributed by atoms with Gasteiger partial charge in [-0.3, -0.25) is 10.1 Å². The van der Waals surface area contributed by atoms with Gasteiger partial charge in [0.05, 0.1) is 21.7 Å². The number of nitro groups is 1. The van der Waals surface area contributed by atoms with E-state index in [1.165, 1.54) is 6.07 Å². The molecule has 2 aliphatic rings. The van der Waals surface area contributed by atoms with E-state index in [0.717, 1.165) is 31.4 Å². The average Bonchev–Trinajstić information content (AvgIpc) is 2.65. The largest absolute Gasteiger partial charge is 0.393 e. The Labute approximate surface area is 122 Å². The minimum Gasteiger partial charge on any atom is -0.393 e. The van der Waals surface area contributed by atoms with Crippen molar-refractivity contribution in [3.05, 3.63) is 32.8 Å². The van der Waals surface area contributed by atoms with Crippen LogP contribution >= 0.6 is 11.6 Å². The molecule has 1 N–H and O–H groups in total. The summed E-state index contributed by atoms with van der Waals surface area (Å²) in [5.74, 6) is 0. The van der Waals surface area contributed by atoms with Crippen molar-refractivity contribution in [2.45, 2.75) is 50.8 Å². The van der Waals surface area contributed by atoms with Crippen molar-refractivity contribution in [3.63, 3.8) is 0 Å². The van der Waals surface area contributed by atoms with Crippen molar-refractivity contribution in [2.24, 2.45) is 0 Å². The van der Waals surface area contributed by atoms with E-state index in [9.17, 15) is 15.2 Å². The first-order valence-corrected chi connectivity index (χ1v) is 7.26. The Balaban J connectivity index is 2.00. The van der Waals surface area contributed by atoms with Gasteiger partial charge in [0.15, 0.2) is 0 Å². The van der Waals surface area contributed by atoms with Gasteiger partial charge in [-0.15, -0.1) is 0 Å². The maximum absolute atomic E-state index is 10.9. The van der Waals surface area contributed by atoms with Gasteiger partial charge in [0.25, 0.3) is 5.69 Å². The first-order valence-electron chi connectivity index (χ1n) is 6.89. The second kappa shape index (κ2) is 4.90. The molecular weight excluding hydrogens is 280 g/mol. The smallest absolute Gasteiger partial charge is 0.273 e. The fourth-order valence-electron chi connectivity index (χ4n) is 3.60. The summed E-state index contributed by atoms with van der Waals surface area (Å²) in [6.45, 7) is 1.69. The maximum Gasteiger partial charge on any atom is 0.273 e. The minimum absolute atomic E-state index is 0.0585. The first-order chi connectivity index (χ1) is 9.49. The summed E-state index contributed by atoms with van der Waals surface area (Å²) in [4.78, 5) is 12.8.